The summed E-state index contributed by atoms with van der Waals surface area (Å²) < 4.78 is 106. The molecule has 3 rings (SSSR count). The number of carbonyl (C=O) groups is 2. The molecule has 4 atom stereocenters. The molecule has 35 heavy (non-hydrogen) atoms. The van der Waals surface area contributed by atoms with E-state index in [9.17, 15) is 40.3 Å². The van der Waals surface area contributed by atoms with Crippen LogP contribution in [0.5, 0.6) is 0 Å². The van der Waals surface area contributed by atoms with Crippen LogP contribution in [0.2, 0.25) is 0 Å². The number of alkyl halides is 7. The Morgan fingerprint density at radius 1 is 0.857 bits per heavy atom. The molecule has 14 heteroatoms. The van der Waals surface area contributed by atoms with Crippen molar-refractivity contribution in [1.82, 2.24) is 5.48 Å². The number of hydroxylamine groups is 1. The van der Waals surface area contributed by atoms with E-state index in [1.54, 1.807) is 0 Å². The number of rotatable bonds is 6. The Morgan fingerprint density at radius 3 is 1.74 bits per heavy atom. The van der Waals surface area contributed by atoms with Crippen molar-refractivity contribution in [2.45, 2.75) is 37.0 Å². The molecule has 1 aliphatic heterocycles. The predicted molar refractivity (Wildman–Crippen MR) is 101 cm³/mol. The van der Waals surface area contributed by atoms with Crippen LogP contribution in [-0.2, 0) is 26.6 Å². The summed E-state index contributed by atoms with van der Waals surface area (Å²) in [5, 5.41) is 9.02. The average Bonchev–Trinajstić information content (AvgIpc) is 3.10. The summed E-state index contributed by atoms with van der Waals surface area (Å²) >= 11 is 0. The van der Waals surface area contributed by atoms with E-state index >= 15 is 0 Å². The summed E-state index contributed by atoms with van der Waals surface area (Å²) in [6.07, 6.45) is -16.4. The summed E-state index contributed by atoms with van der Waals surface area (Å²) in [5.41, 5.74) is -1.14. The number of hydrogen-bond donors (Lipinski definition) is 2. The highest BCUT2D eigenvalue weighted by Gasteiger charge is 2.48. The van der Waals surface area contributed by atoms with Gasteiger partial charge in [-0.2, -0.15) is 31.8 Å². The lowest BCUT2D eigenvalue weighted by atomic mass is 10.1. The molecule has 1 saturated heterocycles. The van der Waals surface area contributed by atoms with E-state index in [0.29, 0.717) is 24.3 Å². The van der Waals surface area contributed by atoms with Gasteiger partial charge in [0.05, 0.1) is 22.3 Å². The molecule has 1 unspecified atom stereocenters. The van der Waals surface area contributed by atoms with E-state index in [2.05, 4.69) is 0 Å². The lowest BCUT2D eigenvalue weighted by molar-refractivity contribution is -0.138. The third-order valence-corrected chi connectivity index (χ3v) is 4.94. The number of ether oxygens (including phenoxy) is 3. The van der Waals surface area contributed by atoms with Crippen molar-refractivity contribution in [2.75, 3.05) is 6.61 Å². The van der Waals surface area contributed by atoms with Gasteiger partial charge in [-0.1, -0.05) is 0 Å². The van der Waals surface area contributed by atoms with Gasteiger partial charge < -0.3 is 19.4 Å². The zero-order valence-corrected chi connectivity index (χ0v) is 17.3. The van der Waals surface area contributed by atoms with E-state index in [0.717, 1.165) is 24.3 Å². The molecule has 0 amide bonds. The van der Waals surface area contributed by atoms with E-state index < -0.39 is 66.6 Å². The lowest BCUT2D eigenvalue weighted by Crippen LogP contribution is -2.39. The summed E-state index contributed by atoms with van der Waals surface area (Å²) in [7, 11) is 0. The molecule has 1 aliphatic rings. The molecule has 2 aromatic rings. The first-order chi connectivity index (χ1) is 16.3. The van der Waals surface area contributed by atoms with Crippen molar-refractivity contribution >= 4 is 11.9 Å². The number of halogens is 7. The fraction of sp³-hybridized carbons (Fsp3) is 0.333. The van der Waals surface area contributed by atoms with Gasteiger partial charge in [0.2, 0.25) is 0 Å². The number of carbonyl (C=O) groups excluding carboxylic acids is 2. The maximum atomic E-state index is 14.6. The molecule has 1 fully saturated rings. The van der Waals surface area contributed by atoms with Crippen LogP contribution < -0.4 is 5.48 Å². The second-order valence-electron chi connectivity index (χ2n) is 7.29. The molecule has 0 bridgehead atoms. The Labute approximate surface area is 192 Å². The van der Waals surface area contributed by atoms with Crippen LogP contribution in [0.25, 0.3) is 0 Å². The molecule has 0 spiro atoms. The van der Waals surface area contributed by atoms with E-state index in [4.69, 9.17) is 19.4 Å². The van der Waals surface area contributed by atoms with Crippen LogP contribution in [-0.4, -0.2) is 48.4 Å². The predicted octanol–water partition coefficient (Wildman–Crippen LogP) is 4.15. The van der Waals surface area contributed by atoms with Crippen LogP contribution in [0.1, 0.15) is 31.8 Å². The quantitative estimate of drug-likeness (QED) is 0.342. The molecule has 2 N–H and O–H groups in total. The SMILES string of the molecule is O=C(OC[C@H]1OC(NO)[C@@H](F)[C@@H]1OC(=O)c1ccc(C(F)(F)F)cc1)c1ccc(C(F)(F)F)cc1. The van der Waals surface area contributed by atoms with Gasteiger partial charge >= 0.3 is 24.3 Å². The van der Waals surface area contributed by atoms with Gasteiger partial charge in [0.15, 0.2) is 18.5 Å². The zero-order chi connectivity index (χ0) is 26.0. The normalized spacial score (nSPS) is 22.6. The summed E-state index contributed by atoms with van der Waals surface area (Å²) in [6, 6.07) is 5.90. The van der Waals surface area contributed by atoms with Crippen molar-refractivity contribution in [3.63, 3.8) is 0 Å². The minimum absolute atomic E-state index is 0.261. The largest absolute Gasteiger partial charge is 0.459 e. The van der Waals surface area contributed by atoms with Crippen LogP contribution in [0.15, 0.2) is 48.5 Å². The van der Waals surface area contributed by atoms with Gasteiger partial charge in [0.1, 0.15) is 12.7 Å². The van der Waals surface area contributed by atoms with Gasteiger partial charge in [-0.25, -0.2) is 14.0 Å². The first-order valence-corrected chi connectivity index (χ1v) is 9.73. The van der Waals surface area contributed by atoms with Crippen molar-refractivity contribution in [3.05, 3.63) is 70.8 Å². The number of benzene rings is 2. The highest BCUT2D eigenvalue weighted by Crippen LogP contribution is 2.31. The van der Waals surface area contributed by atoms with Crippen LogP contribution in [0, 0.1) is 0 Å². The van der Waals surface area contributed by atoms with Crippen molar-refractivity contribution in [2.24, 2.45) is 0 Å². The highest BCUT2D eigenvalue weighted by atomic mass is 19.4. The maximum absolute atomic E-state index is 14.6. The Hall–Kier alpha value is -3.23. The van der Waals surface area contributed by atoms with Crippen molar-refractivity contribution in [1.29, 1.82) is 0 Å². The first-order valence-electron chi connectivity index (χ1n) is 9.73. The van der Waals surface area contributed by atoms with Gasteiger partial charge in [-0.05, 0) is 48.5 Å². The van der Waals surface area contributed by atoms with Gasteiger partial charge in [-0.15, -0.1) is 0 Å². The van der Waals surface area contributed by atoms with E-state index in [1.807, 2.05) is 0 Å². The average molecular weight is 511 g/mol. The minimum atomic E-state index is -4.65. The van der Waals surface area contributed by atoms with Gasteiger partial charge in [-0.3, -0.25) is 0 Å². The molecule has 1 heterocycles. The van der Waals surface area contributed by atoms with E-state index in [1.165, 1.54) is 5.48 Å². The van der Waals surface area contributed by atoms with Crippen molar-refractivity contribution < 1.29 is 59.7 Å². The number of esters is 2. The fourth-order valence-corrected chi connectivity index (χ4v) is 3.12. The van der Waals surface area contributed by atoms with Gasteiger partial charge in [0.25, 0.3) is 0 Å². The Balaban J connectivity index is 1.66. The minimum Gasteiger partial charge on any atom is -0.459 e. The number of nitrogens with one attached hydrogen (secondary N) is 1. The van der Waals surface area contributed by atoms with Crippen LogP contribution >= 0.6 is 0 Å². The van der Waals surface area contributed by atoms with E-state index in [-0.39, 0.29) is 11.1 Å². The molecule has 7 nitrogen and oxygen atoms in total. The molecule has 0 saturated carbocycles. The maximum Gasteiger partial charge on any atom is 0.416 e. The third-order valence-electron chi connectivity index (χ3n) is 4.94. The summed E-state index contributed by atoms with van der Waals surface area (Å²) in [5.74, 6) is -2.31. The molecule has 190 valence electrons. The molecular formula is C21H16F7NO6. The Bertz CT molecular complexity index is 1040. The molecule has 0 radical (unpaired) electrons. The lowest BCUT2D eigenvalue weighted by Gasteiger charge is -2.20. The fourth-order valence-electron chi connectivity index (χ4n) is 3.12. The summed E-state index contributed by atoms with van der Waals surface area (Å²) in [4.78, 5) is 24.5. The monoisotopic (exact) mass is 511 g/mol. The van der Waals surface area contributed by atoms with Crippen LogP contribution in [0.3, 0.4) is 0 Å². The summed E-state index contributed by atoms with van der Waals surface area (Å²) in [6.45, 7) is -0.733. The first kappa shape index (κ1) is 26.4. The van der Waals surface area contributed by atoms with Gasteiger partial charge in [0, 0.05) is 0 Å². The molecule has 0 aliphatic carbocycles. The molecule has 2 aromatic carbocycles. The topological polar surface area (TPSA) is 94.1 Å². The smallest absolute Gasteiger partial charge is 0.416 e. The Kier molecular flexibility index (Phi) is 7.67. The highest BCUT2D eigenvalue weighted by molar-refractivity contribution is 5.90. The second-order valence-corrected chi connectivity index (χ2v) is 7.29. The standard InChI is InChI=1S/C21H16F7NO6/c22-15-16(35-19(31)11-3-7-13(8-4-11)21(26,27)28)14(34-17(15)29-32)9-33-18(30)10-1-5-12(6-2-10)20(23,24)25/h1-8,14-17,29,32H,9H2/t14-,15+,16-,17?/m1/s1. The van der Waals surface area contributed by atoms with Crippen LogP contribution in [0.4, 0.5) is 30.7 Å². The number of hydrogen-bond acceptors (Lipinski definition) is 7. The zero-order valence-electron chi connectivity index (χ0n) is 17.3. The second kappa shape index (κ2) is 10.2. The van der Waals surface area contributed by atoms with Crippen molar-refractivity contribution in [3.8, 4) is 0 Å². The third kappa shape index (κ3) is 6.26. The Morgan fingerprint density at radius 2 is 1.31 bits per heavy atom. The molecule has 0 aromatic heterocycles. The molecular weight excluding hydrogens is 495 g/mol.